The van der Waals surface area contributed by atoms with Gasteiger partial charge in [-0.05, 0) is 88.8 Å². The van der Waals surface area contributed by atoms with Gasteiger partial charge in [-0.1, -0.05) is 46.8 Å². The summed E-state index contributed by atoms with van der Waals surface area (Å²) >= 11 is 3.65. The van der Waals surface area contributed by atoms with Gasteiger partial charge in [0.25, 0.3) is 0 Å². The molecule has 1 saturated carbocycles. The number of methoxy groups -OCH3 is 1. The minimum Gasteiger partial charge on any atom is -0.543 e. The standard InChI is InChI=1S/C23H37BrO2Si/c1-15-10-16(2)19(17(3)11-15)12-18-13-22(25-7)20(24)14-21(18)26-27(8,9)23(4,5)6/h13-15,17,19H,2,10-12H2,1,3-9H3/t15-,17+,19+/m0/s1. The van der Waals surface area contributed by atoms with E-state index in [1.165, 1.54) is 17.6 Å². The monoisotopic (exact) mass is 452 g/mol. The Kier molecular flexibility index (Phi) is 6.95. The van der Waals surface area contributed by atoms with Gasteiger partial charge in [0.1, 0.15) is 11.5 Å². The zero-order valence-corrected chi connectivity index (χ0v) is 21.0. The highest BCUT2D eigenvalue weighted by Gasteiger charge is 2.40. The van der Waals surface area contributed by atoms with Crippen molar-refractivity contribution in [1.29, 1.82) is 0 Å². The molecule has 0 aliphatic heterocycles. The minimum atomic E-state index is -1.92. The molecule has 0 bridgehead atoms. The molecule has 3 atom stereocenters. The van der Waals surface area contributed by atoms with E-state index in [1.807, 2.05) is 0 Å². The number of hydrogen-bond acceptors (Lipinski definition) is 2. The molecule has 1 aliphatic rings. The van der Waals surface area contributed by atoms with E-state index in [0.29, 0.717) is 11.8 Å². The first-order chi connectivity index (χ1) is 12.4. The third kappa shape index (κ3) is 5.20. The molecule has 27 heavy (non-hydrogen) atoms. The van der Waals surface area contributed by atoms with Gasteiger partial charge in [0.05, 0.1) is 11.6 Å². The van der Waals surface area contributed by atoms with Crippen LogP contribution >= 0.6 is 15.9 Å². The summed E-state index contributed by atoms with van der Waals surface area (Å²) < 4.78 is 13.3. The molecule has 0 amide bonds. The first-order valence-electron chi connectivity index (χ1n) is 10.1. The lowest BCUT2D eigenvalue weighted by Crippen LogP contribution is -2.44. The van der Waals surface area contributed by atoms with Crippen molar-refractivity contribution >= 4 is 24.2 Å². The highest BCUT2D eigenvalue weighted by molar-refractivity contribution is 9.10. The molecule has 0 radical (unpaired) electrons. The van der Waals surface area contributed by atoms with Gasteiger partial charge in [0.2, 0.25) is 8.32 Å². The van der Waals surface area contributed by atoms with Crippen LogP contribution in [0, 0.1) is 17.8 Å². The van der Waals surface area contributed by atoms with Crippen LogP contribution in [0.5, 0.6) is 11.5 Å². The molecule has 4 heteroatoms. The predicted octanol–water partition coefficient (Wildman–Crippen LogP) is 7.62. The summed E-state index contributed by atoms with van der Waals surface area (Å²) in [5.41, 5.74) is 2.63. The molecule has 1 aromatic rings. The highest BCUT2D eigenvalue weighted by atomic mass is 79.9. The molecule has 2 nitrogen and oxygen atoms in total. The van der Waals surface area contributed by atoms with E-state index in [9.17, 15) is 0 Å². The van der Waals surface area contributed by atoms with Crippen LogP contribution in [0.25, 0.3) is 0 Å². The Labute approximate surface area is 176 Å². The summed E-state index contributed by atoms with van der Waals surface area (Å²) in [6.07, 6.45) is 3.39. The van der Waals surface area contributed by atoms with Crippen LogP contribution in [-0.2, 0) is 6.42 Å². The maximum absolute atomic E-state index is 6.73. The van der Waals surface area contributed by atoms with E-state index >= 15 is 0 Å². The van der Waals surface area contributed by atoms with Crippen molar-refractivity contribution in [3.8, 4) is 11.5 Å². The summed E-state index contributed by atoms with van der Waals surface area (Å²) in [7, 11) is -0.198. The first-order valence-corrected chi connectivity index (χ1v) is 13.8. The molecule has 0 saturated heterocycles. The fraction of sp³-hybridized carbons (Fsp3) is 0.652. The Morgan fingerprint density at radius 2 is 1.81 bits per heavy atom. The second kappa shape index (κ2) is 8.32. The van der Waals surface area contributed by atoms with Crippen LogP contribution in [0.4, 0.5) is 0 Å². The molecule has 152 valence electrons. The number of rotatable bonds is 5. The van der Waals surface area contributed by atoms with Crippen LogP contribution in [0.3, 0.4) is 0 Å². The number of halogens is 1. The van der Waals surface area contributed by atoms with E-state index in [1.54, 1.807) is 7.11 Å². The number of ether oxygens (including phenoxy) is 1. The van der Waals surface area contributed by atoms with Crippen LogP contribution in [0.2, 0.25) is 18.1 Å². The van der Waals surface area contributed by atoms with E-state index in [4.69, 9.17) is 9.16 Å². The normalized spacial score (nSPS) is 24.0. The number of hydrogen-bond donors (Lipinski definition) is 0. The minimum absolute atomic E-state index is 0.161. The Balaban J connectivity index is 2.40. The van der Waals surface area contributed by atoms with E-state index in [2.05, 4.69) is 82.4 Å². The van der Waals surface area contributed by atoms with Gasteiger partial charge >= 0.3 is 0 Å². The summed E-state index contributed by atoms with van der Waals surface area (Å²) in [5, 5.41) is 0.161. The van der Waals surface area contributed by atoms with Crippen molar-refractivity contribution in [2.45, 2.75) is 72.0 Å². The van der Waals surface area contributed by atoms with E-state index in [0.717, 1.165) is 34.7 Å². The van der Waals surface area contributed by atoms with Gasteiger partial charge in [-0.3, -0.25) is 0 Å². The lowest BCUT2D eigenvalue weighted by atomic mass is 9.70. The molecule has 0 heterocycles. The van der Waals surface area contributed by atoms with Crippen molar-refractivity contribution < 1.29 is 9.16 Å². The van der Waals surface area contributed by atoms with Crippen LogP contribution < -0.4 is 9.16 Å². The largest absolute Gasteiger partial charge is 0.543 e. The molecular formula is C23H37BrO2Si. The molecule has 1 aromatic carbocycles. The summed E-state index contributed by atoms with van der Waals surface area (Å²) in [6.45, 7) is 20.6. The molecule has 0 aromatic heterocycles. The lowest BCUT2D eigenvalue weighted by molar-refractivity contribution is 0.268. The average Bonchev–Trinajstić information content (AvgIpc) is 2.51. The van der Waals surface area contributed by atoms with Gasteiger partial charge in [0, 0.05) is 0 Å². The Morgan fingerprint density at radius 1 is 1.19 bits per heavy atom. The number of benzene rings is 1. The maximum Gasteiger partial charge on any atom is 0.250 e. The summed E-state index contributed by atoms with van der Waals surface area (Å²) in [6, 6.07) is 4.26. The molecule has 1 aliphatic carbocycles. The number of allylic oxidation sites excluding steroid dienone is 1. The van der Waals surface area contributed by atoms with Crippen LogP contribution in [0.15, 0.2) is 28.8 Å². The molecular weight excluding hydrogens is 416 g/mol. The smallest absolute Gasteiger partial charge is 0.250 e. The zero-order chi connectivity index (χ0) is 20.6. The van der Waals surface area contributed by atoms with Crippen molar-refractivity contribution in [3.05, 3.63) is 34.3 Å². The molecule has 1 fully saturated rings. The van der Waals surface area contributed by atoms with Crippen molar-refractivity contribution in [3.63, 3.8) is 0 Å². The fourth-order valence-electron chi connectivity index (χ4n) is 3.88. The van der Waals surface area contributed by atoms with Crippen molar-refractivity contribution in [1.82, 2.24) is 0 Å². The fourth-order valence-corrected chi connectivity index (χ4v) is 5.41. The predicted molar refractivity (Wildman–Crippen MR) is 122 cm³/mol. The quantitative estimate of drug-likeness (QED) is 0.337. The Bertz CT molecular complexity index is 690. The SMILES string of the molecule is C=C1C[C@H](C)C[C@@H](C)[C@@H]1Cc1cc(OC)c(Br)cc1O[Si](C)(C)C(C)(C)C. The topological polar surface area (TPSA) is 18.5 Å². The third-order valence-corrected chi connectivity index (χ3v) is 11.5. The molecule has 0 N–H and O–H groups in total. The Hall–Kier alpha value is -0.743. The first kappa shape index (κ1) is 22.5. The molecule has 2 rings (SSSR count). The van der Waals surface area contributed by atoms with Crippen molar-refractivity contribution in [2.24, 2.45) is 17.8 Å². The third-order valence-electron chi connectivity index (χ3n) is 6.54. The van der Waals surface area contributed by atoms with Gasteiger partial charge in [-0.25, -0.2) is 0 Å². The van der Waals surface area contributed by atoms with Crippen LogP contribution in [0.1, 0.15) is 53.0 Å². The summed E-state index contributed by atoms with van der Waals surface area (Å²) in [5.74, 6) is 3.78. The van der Waals surface area contributed by atoms with Gasteiger partial charge in [-0.15, -0.1) is 0 Å². The van der Waals surface area contributed by atoms with Crippen LogP contribution in [-0.4, -0.2) is 15.4 Å². The maximum atomic E-state index is 6.73. The van der Waals surface area contributed by atoms with Gasteiger partial charge in [0.15, 0.2) is 0 Å². The average molecular weight is 454 g/mol. The van der Waals surface area contributed by atoms with Crippen molar-refractivity contribution in [2.75, 3.05) is 7.11 Å². The molecule has 0 spiro atoms. The second-order valence-electron chi connectivity index (χ2n) is 9.95. The summed E-state index contributed by atoms with van der Waals surface area (Å²) in [4.78, 5) is 0. The zero-order valence-electron chi connectivity index (χ0n) is 18.4. The molecule has 0 unspecified atom stereocenters. The van der Waals surface area contributed by atoms with E-state index in [-0.39, 0.29) is 5.04 Å². The Morgan fingerprint density at radius 3 is 2.33 bits per heavy atom. The van der Waals surface area contributed by atoms with Gasteiger partial charge < -0.3 is 9.16 Å². The lowest BCUT2D eigenvalue weighted by Gasteiger charge is -2.38. The van der Waals surface area contributed by atoms with E-state index < -0.39 is 8.32 Å². The van der Waals surface area contributed by atoms with Gasteiger partial charge in [-0.2, -0.15) is 0 Å². The highest BCUT2D eigenvalue weighted by Crippen LogP contribution is 2.44. The second-order valence-corrected chi connectivity index (χ2v) is 15.5.